The molecule has 0 radical (unpaired) electrons. The zero-order valence-corrected chi connectivity index (χ0v) is 20.6. The summed E-state index contributed by atoms with van der Waals surface area (Å²) in [7, 11) is -9.13. The summed E-state index contributed by atoms with van der Waals surface area (Å²) in [6.45, 7) is 2.81. The van der Waals surface area contributed by atoms with Gasteiger partial charge in [-0.1, -0.05) is 64.1 Å². The number of alkyl halides is 2. The van der Waals surface area contributed by atoms with Crippen LogP contribution in [-0.2, 0) is 35.2 Å². The molecule has 12 heteroatoms. The Kier molecular flexibility index (Phi) is 6.83. The first-order valence-electron chi connectivity index (χ1n) is 10.1. The van der Waals surface area contributed by atoms with E-state index in [4.69, 9.17) is 4.55 Å². The number of hydrogen-bond donors (Lipinski definition) is 1. The van der Waals surface area contributed by atoms with Gasteiger partial charge in [-0.05, 0) is 28.8 Å². The zero-order chi connectivity index (χ0) is 26.6. The number of hydrogen-bond acceptors (Lipinski definition) is 5. The van der Waals surface area contributed by atoms with Gasteiger partial charge >= 0.3 is 6.61 Å². The Bertz CT molecular complexity index is 1460. The van der Waals surface area contributed by atoms with Crippen LogP contribution in [0.2, 0.25) is 0 Å². The highest BCUT2D eigenvalue weighted by molar-refractivity contribution is 7.91. The smallest absolute Gasteiger partial charge is 0.282 e. The van der Waals surface area contributed by atoms with Gasteiger partial charge in [-0.25, -0.2) is 8.78 Å². The predicted octanol–water partition coefficient (Wildman–Crippen LogP) is 5.53. The summed E-state index contributed by atoms with van der Waals surface area (Å²) in [4.78, 5) is -0.929. The molecule has 4 rings (SSSR count). The van der Waals surface area contributed by atoms with Crippen molar-refractivity contribution < 1.29 is 43.1 Å². The average molecular weight is 535 g/mol. The Hall–Kier alpha value is -2.54. The van der Waals surface area contributed by atoms with Crippen molar-refractivity contribution in [3.63, 3.8) is 0 Å². The van der Waals surface area contributed by atoms with E-state index in [0.29, 0.717) is 5.56 Å². The molecule has 0 amide bonds. The molecule has 6 nitrogen and oxygen atoms in total. The Balaban J connectivity index is 0.000000196. The van der Waals surface area contributed by atoms with Gasteiger partial charge in [-0.2, -0.15) is 29.8 Å². The molecule has 35 heavy (non-hydrogen) atoms. The lowest BCUT2D eigenvalue weighted by molar-refractivity contribution is -0.0438. The summed E-state index contributed by atoms with van der Waals surface area (Å²) >= 11 is 0. The Morgan fingerprint density at radius 2 is 1.43 bits per heavy atom. The second-order valence-electron chi connectivity index (χ2n) is 8.94. The molecule has 0 saturated heterocycles. The molecule has 2 aliphatic carbocycles. The molecule has 0 fully saturated rings. The molecule has 0 unspecified atom stereocenters. The standard InChI is InChI=1S/C12H12F2O3S.C11H10F2O3S/c1-12(2)9-6-4-3-5-8(9)7-10(12)18(15,16)17-11(13)14;1-11(2)6-4-3-5-7(12)8(6)9(13)10(11)17(14,15)16/h3-7,11H,1-2H3;3-5H,1-2H3,(H,14,15,16). The third kappa shape index (κ3) is 4.80. The summed E-state index contributed by atoms with van der Waals surface area (Å²) in [5.41, 5.74) is -0.840. The van der Waals surface area contributed by atoms with Gasteiger partial charge in [0.15, 0.2) is 5.83 Å². The lowest BCUT2D eigenvalue weighted by Gasteiger charge is -2.23. The molecule has 2 aliphatic rings. The fraction of sp³-hybridized carbons (Fsp3) is 0.304. The number of rotatable bonds is 4. The fourth-order valence-electron chi connectivity index (χ4n) is 4.39. The van der Waals surface area contributed by atoms with Crippen LogP contribution in [0.15, 0.2) is 52.3 Å². The van der Waals surface area contributed by atoms with Gasteiger partial charge < -0.3 is 0 Å². The first-order chi connectivity index (χ1) is 15.9. The molecule has 0 spiro atoms. The van der Waals surface area contributed by atoms with Crippen molar-refractivity contribution >= 4 is 32.1 Å². The normalized spacial score (nSPS) is 18.1. The highest BCUT2D eigenvalue weighted by Gasteiger charge is 2.46. The minimum absolute atomic E-state index is 0.142. The van der Waals surface area contributed by atoms with E-state index in [2.05, 4.69) is 4.18 Å². The van der Waals surface area contributed by atoms with Crippen molar-refractivity contribution in [2.75, 3.05) is 0 Å². The van der Waals surface area contributed by atoms with Crippen molar-refractivity contribution in [1.29, 1.82) is 0 Å². The fourth-order valence-corrected chi connectivity index (χ4v) is 6.78. The summed E-state index contributed by atoms with van der Waals surface area (Å²) < 4.78 is 110. The van der Waals surface area contributed by atoms with Crippen LogP contribution in [0.1, 0.15) is 49.9 Å². The molecule has 0 aromatic heterocycles. The highest BCUT2D eigenvalue weighted by atomic mass is 32.2. The summed E-state index contributed by atoms with van der Waals surface area (Å²) in [6, 6.07) is 10.9. The van der Waals surface area contributed by atoms with E-state index in [1.807, 2.05) is 0 Å². The van der Waals surface area contributed by atoms with Crippen molar-refractivity contribution in [2.45, 2.75) is 45.1 Å². The number of halogens is 4. The van der Waals surface area contributed by atoms with Crippen LogP contribution >= 0.6 is 0 Å². The second-order valence-corrected chi connectivity index (χ2v) is 11.8. The predicted molar refractivity (Wildman–Crippen MR) is 122 cm³/mol. The Labute approximate surface area is 200 Å². The molecule has 2 aromatic carbocycles. The van der Waals surface area contributed by atoms with Crippen molar-refractivity contribution in [2.24, 2.45) is 0 Å². The van der Waals surface area contributed by atoms with Crippen LogP contribution in [0.3, 0.4) is 0 Å². The van der Waals surface area contributed by atoms with Gasteiger partial charge in [-0.15, -0.1) is 0 Å². The zero-order valence-electron chi connectivity index (χ0n) is 19.0. The molecule has 0 aliphatic heterocycles. The maximum atomic E-state index is 13.9. The van der Waals surface area contributed by atoms with E-state index >= 15 is 0 Å². The van der Waals surface area contributed by atoms with Crippen LogP contribution in [0, 0.1) is 5.82 Å². The van der Waals surface area contributed by atoms with E-state index in [0.717, 1.165) is 11.6 Å². The summed E-state index contributed by atoms with van der Waals surface area (Å²) in [5.74, 6) is -2.06. The van der Waals surface area contributed by atoms with Crippen LogP contribution in [-0.4, -0.2) is 28.0 Å². The van der Waals surface area contributed by atoms with E-state index < -0.39 is 54.2 Å². The van der Waals surface area contributed by atoms with Crippen LogP contribution in [0.25, 0.3) is 11.9 Å². The van der Waals surface area contributed by atoms with Crippen LogP contribution < -0.4 is 0 Å². The molecule has 190 valence electrons. The Morgan fingerprint density at radius 3 is 1.94 bits per heavy atom. The molecule has 0 saturated carbocycles. The number of allylic oxidation sites excluding steroid dienone is 2. The number of fused-ring (bicyclic) bond motifs is 2. The van der Waals surface area contributed by atoms with Crippen molar-refractivity contribution in [1.82, 2.24) is 0 Å². The Morgan fingerprint density at radius 1 is 0.857 bits per heavy atom. The highest BCUT2D eigenvalue weighted by Crippen LogP contribution is 2.49. The first kappa shape index (κ1) is 27.1. The monoisotopic (exact) mass is 534 g/mol. The third-order valence-electron chi connectivity index (χ3n) is 5.94. The van der Waals surface area contributed by atoms with E-state index in [9.17, 15) is 34.4 Å². The molecular weight excluding hydrogens is 512 g/mol. The van der Waals surface area contributed by atoms with Crippen LogP contribution in [0.5, 0.6) is 0 Å². The third-order valence-corrected chi connectivity index (χ3v) is 8.71. The maximum Gasteiger partial charge on any atom is 0.359 e. The van der Waals surface area contributed by atoms with Gasteiger partial charge in [0.25, 0.3) is 20.2 Å². The molecule has 1 N–H and O–H groups in total. The lowest BCUT2D eigenvalue weighted by Crippen LogP contribution is -2.25. The van der Waals surface area contributed by atoms with Crippen LogP contribution in [0.4, 0.5) is 17.6 Å². The second kappa shape index (κ2) is 8.84. The largest absolute Gasteiger partial charge is 0.359 e. The van der Waals surface area contributed by atoms with Crippen molar-refractivity contribution in [3.05, 3.63) is 80.3 Å². The van der Waals surface area contributed by atoms with Gasteiger partial charge in [0.1, 0.15) is 10.7 Å². The van der Waals surface area contributed by atoms with E-state index in [1.54, 1.807) is 38.1 Å². The SMILES string of the molecule is CC1(C)C(S(=O)(=O)O)=C(F)c2c(F)cccc21.CC1(C)C(S(=O)(=O)OC(F)F)=Cc2ccccc21. The minimum Gasteiger partial charge on any atom is -0.282 e. The van der Waals surface area contributed by atoms with Gasteiger partial charge in [0.05, 0.1) is 10.5 Å². The molecule has 0 bridgehead atoms. The molecule has 0 atom stereocenters. The average Bonchev–Trinajstić information content (AvgIpc) is 3.09. The summed E-state index contributed by atoms with van der Waals surface area (Å²) in [6.07, 6.45) is 1.38. The number of benzene rings is 2. The van der Waals surface area contributed by atoms with E-state index in [1.165, 1.54) is 32.1 Å². The van der Waals surface area contributed by atoms with Gasteiger partial charge in [0, 0.05) is 10.8 Å². The van der Waals surface area contributed by atoms with Crippen molar-refractivity contribution in [3.8, 4) is 0 Å². The summed E-state index contributed by atoms with van der Waals surface area (Å²) in [5, 5.41) is 0. The van der Waals surface area contributed by atoms with Gasteiger partial charge in [0.2, 0.25) is 0 Å². The quantitative estimate of drug-likeness (QED) is 0.315. The topological polar surface area (TPSA) is 97.7 Å². The van der Waals surface area contributed by atoms with Gasteiger partial charge in [-0.3, -0.25) is 4.55 Å². The van der Waals surface area contributed by atoms with E-state index in [-0.39, 0.29) is 16.0 Å². The first-order valence-corrected chi connectivity index (χ1v) is 13.0. The maximum absolute atomic E-state index is 13.9. The molecular formula is C23H22F4O6S2. The molecule has 2 aromatic rings. The lowest BCUT2D eigenvalue weighted by atomic mass is 9.87. The minimum atomic E-state index is -4.71. The molecule has 0 heterocycles.